The average Bonchev–Trinajstić information content (AvgIpc) is 2.95. The van der Waals surface area contributed by atoms with Gasteiger partial charge in [0.1, 0.15) is 11.6 Å². The van der Waals surface area contributed by atoms with Crippen LogP contribution in [0.5, 0.6) is 0 Å². The van der Waals surface area contributed by atoms with Crippen LogP contribution in [0.25, 0.3) is 11.1 Å². The second-order valence-electron chi connectivity index (χ2n) is 10.3. The third kappa shape index (κ3) is 5.59. The van der Waals surface area contributed by atoms with E-state index in [1.807, 2.05) is 31.2 Å². The largest absolute Gasteiger partial charge is 0.367 e. The number of nitrogens with one attached hydrogen (secondary N) is 1. The van der Waals surface area contributed by atoms with Crippen molar-refractivity contribution in [2.24, 2.45) is 5.73 Å². The summed E-state index contributed by atoms with van der Waals surface area (Å²) in [6.45, 7) is 4.61. The van der Waals surface area contributed by atoms with E-state index in [1.165, 1.54) is 12.1 Å². The number of benzene rings is 4. The van der Waals surface area contributed by atoms with Crippen molar-refractivity contribution in [1.29, 1.82) is 0 Å². The van der Waals surface area contributed by atoms with Crippen LogP contribution in [-0.4, -0.2) is 18.4 Å². The molecule has 4 aromatic rings. The molecule has 0 aliphatic carbocycles. The highest BCUT2D eigenvalue weighted by Gasteiger charge is 2.21. The quantitative estimate of drug-likeness (QED) is 0.282. The predicted octanol–water partition coefficient (Wildman–Crippen LogP) is 6.48. The molecule has 2 amide bonds. The molecular formula is C33H31F2N3O2. The molecule has 1 atom stereocenters. The zero-order valence-electron chi connectivity index (χ0n) is 22.5. The minimum Gasteiger partial charge on any atom is -0.367 e. The Balaban J connectivity index is 1.35. The standard InChI is InChI=1S/C33H31F2N3O2/c1-20-9-10-22(18-30(20)35)21(2)37-33(40)25-12-14-31-24(17-25)6-5-15-38(31)19-26-16-23(11-13-29(26)34)27-7-3-4-8-28(27)32(36)39/h3-4,7-14,16-18,21H,5-6,15,19H2,1-2H3,(H2,36,39)(H,37,40)/t21-/m0/s1. The average molecular weight is 540 g/mol. The number of aryl methyl sites for hydroxylation is 2. The first-order chi connectivity index (χ1) is 19.2. The molecule has 5 nitrogen and oxygen atoms in total. The summed E-state index contributed by atoms with van der Waals surface area (Å²) >= 11 is 0. The Kier molecular flexibility index (Phi) is 7.65. The van der Waals surface area contributed by atoms with Crippen LogP contribution in [0.15, 0.2) is 78.9 Å². The van der Waals surface area contributed by atoms with Gasteiger partial charge in [0.25, 0.3) is 5.91 Å². The summed E-state index contributed by atoms with van der Waals surface area (Å²) in [4.78, 5) is 27.1. The summed E-state index contributed by atoms with van der Waals surface area (Å²) < 4.78 is 29.0. The number of carbonyl (C=O) groups excluding carboxylic acids is 2. The minimum atomic E-state index is -0.535. The van der Waals surface area contributed by atoms with Gasteiger partial charge in [-0.15, -0.1) is 0 Å². The van der Waals surface area contributed by atoms with Crippen molar-refractivity contribution in [3.8, 4) is 11.1 Å². The van der Waals surface area contributed by atoms with Crippen molar-refractivity contribution in [3.05, 3.63) is 124 Å². The smallest absolute Gasteiger partial charge is 0.251 e. The molecule has 3 N–H and O–H groups in total. The lowest BCUT2D eigenvalue weighted by Gasteiger charge is -2.32. The van der Waals surface area contributed by atoms with Gasteiger partial charge in [-0.25, -0.2) is 8.78 Å². The first-order valence-corrected chi connectivity index (χ1v) is 13.3. The SMILES string of the molecule is Cc1ccc([C@H](C)NC(=O)c2ccc3c(c2)CCCN3Cc2cc(-c3ccccc3C(N)=O)ccc2F)cc1F. The Labute approximate surface area is 232 Å². The molecule has 0 saturated heterocycles. The van der Waals surface area contributed by atoms with Gasteiger partial charge in [-0.1, -0.05) is 36.4 Å². The van der Waals surface area contributed by atoms with Crippen molar-refractivity contribution in [3.63, 3.8) is 0 Å². The normalized spacial score (nSPS) is 13.4. The molecule has 1 heterocycles. The Morgan fingerprint density at radius 1 is 0.975 bits per heavy atom. The number of rotatable bonds is 7. The van der Waals surface area contributed by atoms with Crippen LogP contribution in [0, 0.1) is 18.6 Å². The number of nitrogens with two attached hydrogens (primary N) is 1. The fourth-order valence-electron chi connectivity index (χ4n) is 5.24. The van der Waals surface area contributed by atoms with Crippen LogP contribution in [0.4, 0.5) is 14.5 Å². The van der Waals surface area contributed by atoms with E-state index in [0.717, 1.165) is 36.2 Å². The molecule has 0 saturated carbocycles. The van der Waals surface area contributed by atoms with E-state index >= 15 is 0 Å². The Morgan fingerprint density at radius 3 is 2.55 bits per heavy atom. The second-order valence-corrected chi connectivity index (χ2v) is 10.3. The third-order valence-corrected chi connectivity index (χ3v) is 7.51. The van der Waals surface area contributed by atoms with Crippen LogP contribution in [0.2, 0.25) is 0 Å². The molecule has 1 aliphatic rings. The summed E-state index contributed by atoms with van der Waals surface area (Å²) in [6.07, 6.45) is 1.67. The summed E-state index contributed by atoms with van der Waals surface area (Å²) in [7, 11) is 0. The molecule has 4 aromatic carbocycles. The molecule has 0 radical (unpaired) electrons. The van der Waals surface area contributed by atoms with Crippen molar-refractivity contribution in [2.45, 2.75) is 39.3 Å². The number of amides is 2. The maximum atomic E-state index is 15.0. The molecule has 1 aliphatic heterocycles. The molecule has 0 unspecified atom stereocenters. The van der Waals surface area contributed by atoms with Crippen molar-refractivity contribution in [1.82, 2.24) is 5.32 Å². The number of hydrogen-bond acceptors (Lipinski definition) is 3. The molecular weight excluding hydrogens is 508 g/mol. The first kappa shape index (κ1) is 27.1. The fourth-order valence-corrected chi connectivity index (χ4v) is 5.24. The summed E-state index contributed by atoms with van der Waals surface area (Å²) in [5.74, 6) is -1.40. The number of primary amides is 1. The van der Waals surface area contributed by atoms with E-state index in [1.54, 1.807) is 49.4 Å². The Morgan fingerprint density at radius 2 is 1.77 bits per heavy atom. The number of fused-ring (bicyclic) bond motifs is 1. The van der Waals surface area contributed by atoms with Crippen molar-refractivity contribution >= 4 is 17.5 Å². The molecule has 7 heteroatoms. The van der Waals surface area contributed by atoms with Gasteiger partial charge in [-0.05, 0) is 97.0 Å². The number of carbonyl (C=O) groups is 2. The van der Waals surface area contributed by atoms with Gasteiger partial charge in [-0.2, -0.15) is 0 Å². The van der Waals surface area contributed by atoms with Crippen LogP contribution in [0.1, 0.15) is 62.4 Å². The predicted molar refractivity (Wildman–Crippen MR) is 153 cm³/mol. The van der Waals surface area contributed by atoms with E-state index in [9.17, 15) is 18.4 Å². The Hall–Kier alpha value is -4.52. The zero-order chi connectivity index (χ0) is 28.4. The molecule has 0 aromatic heterocycles. The van der Waals surface area contributed by atoms with Gasteiger partial charge in [0.2, 0.25) is 5.91 Å². The summed E-state index contributed by atoms with van der Waals surface area (Å²) in [5, 5.41) is 2.96. The van der Waals surface area contributed by atoms with E-state index in [4.69, 9.17) is 5.73 Å². The minimum absolute atomic E-state index is 0.236. The number of nitrogens with zero attached hydrogens (tertiary/aromatic N) is 1. The third-order valence-electron chi connectivity index (χ3n) is 7.51. The molecule has 0 spiro atoms. The highest BCUT2D eigenvalue weighted by atomic mass is 19.1. The molecule has 204 valence electrons. The van der Waals surface area contributed by atoms with Crippen molar-refractivity contribution < 1.29 is 18.4 Å². The van der Waals surface area contributed by atoms with Crippen LogP contribution in [0.3, 0.4) is 0 Å². The fraction of sp³-hybridized carbons (Fsp3) is 0.212. The highest BCUT2D eigenvalue weighted by molar-refractivity contribution is 6.00. The lowest BCUT2D eigenvalue weighted by atomic mass is 9.96. The van der Waals surface area contributed by atoms with Gasteiger partial charge >= 0.3 is 0 Å². The van der Waals surface area contributed by atoms with Gasteiger partial charge in [0, 0.05) is 35.5 Å². The van der Waals surface area contributed by atoms with Gasteiger partial charge in [-0.3, -0.25) is 9.59 Å². The van der Waals surface area contributed by atoms with Gasteiger partial charge in [0.15, 0.2) is 0 Å². The zero-order valence-corrected chi connectivity index (χ0v) is 22.5. The van der Waals surface area contributed by atoms with Crippen LogP contribution in [-0.2, 0) is 13.0 Å². The summed E-state index contributed by atoms with van der Waals surface area (Å²) in [6, 6.07) is 22.0. The molecule has 0 fully saturated rings. The number of hydrogen-bond donors (Lipinski definition) is 2. The topological polar surface area (TPSA) is 75.4 Å². The van der Waals surface area contributed by atoms with E-state index in [0.29, 0.717) is 39.9 Å². The second kappa shape index (κ2) is 11.3. The molecule has 40 heavy (non-hydrogen) atoms. The van der Waals surface area contributed by atoms with E-state index in [2.05, 4.69) is 10.2 Å². The lowest BCUT2D eigenvalue weighted by molar-refractivity contribution is 0.0938. The highest BCUT2D eigenvalue weighted by Crippen LogP contribution is 2.32. The summed E-state index contributed by atoms with van der Waals surface area (Å²) in [5.41, 5.74) is 11.6. The maximum Gasteiger partial charge on any atom is 0.251 e. The Bertz CT molecular complexity index is 1600. The van der Waals surface area contributed by atoms with E-state index in [-0.39, 0.29) is 23.6 Å². The molecule has 5 rings (SSSR count). The maximum absolute atomic E-state index is 15.0. The van der Waals surface area contributed by atoms with Gasteiger partial charge in [0.05, 0.1) is 6.04 Å². The van der Waals surface area contributed by atoms with Crippen molar-refractivity contribution in [2.75, 3.05) is 11.4 Å². The van der Waals surface area contributed by atoms with E-state index < -0.39 is 5.91 Å². The first-order valence-electron chi connectivity index (χ1n) is 13.3. The lowest BCUT2D eigenvalue weighted by Crippen LogP contribution is -2.30. The molecule has 0 bridgehead atoms. The monoisotopic (exact) mass is 539 g/mol. The number of halogens is 2. The van der Waals surface area contributed by atoms with Crippen LogP contribution < -0.4 is 16.0 Å². The number of anilines is 1. The van der Waals surface area contributed by atoms with Crippen LogP contribution >= 0.6 is 0 Å². The van der Waals surface area contributed by atoms with Gasteiger partial charge < -0.3 is 16.0 Å².